The number of nitrogens with zero attached hydrogens (tertiary/aromatic N) is 4. The summed E-state index contributed by atoms with van der Waals surface area (Å²) in [6.07, 6.45) is 2.24. The highest BCUT2D eigenvalue weighted by atomic mass is 16.6. The lowest BCUT2D eigenvalue weighted by molar-refractivity contribution is -0.385. The van der Waals surface area contributed by atoms with Crippen molar-refractivity contribution < 1.29 is 4.92 Å². The largest absolute Gasteiger partial charge is 0.357 e. The number of aromatic nitrogens is 1. The maximum atomic E-state index is 10.8. The molecule has 1 N–H and O–H groups in total. The monoisotopic (exact) mass is 289 g/mol. The third-order valence-electron chi connectivity index (χ3n) is 3.80. The second-order valence-electron chi connectivity index (χ2n) is 5.14. The zero-order valence-corrected chi connectivity index (χ0v) is 12.1. The Hall–Kier alpha value is -2.20. The van der Waals surface area contributed by atoms with E-state index in [0.717, 1.165) is 39.0 Å². The van der Waals surface area contributed by atoms with Gasteiger partial charge in [-0.2, -0.15) is 5.26 Å². The molecular formula is C14H19N5O2. The van der Waals surface area contributed by atoms with Crippen molar-refractivity contribution in [1.29, 1.82) is 5.26 Å². The number of piperidine rings is 1. The summed E-state index contributed by atoms with van der Waals surface area (Å²) in [6, 6.07) is 4.81. The van der Waals surface area contributed by atoms with Crippen molar-refractivity contribution in [3.05, 3.63) is 27.9 Å². The lowest BCUT2D eigenvalue weighted by Gasteiger charge is -2.30. The van der Waals surface area contributed by atoms with Crippen LogP contribution in [0, 0.1) is 27.4 Å². The van der Waals surface area contributed by atoms with Crippen LogP contribution < -0.4 is 10.2 Å². The predicted octanol–water partition coefficient (Wildman–Crippen LogP) is 1.69. The molecule has 1 fully saturated rings. The Balaban J connectivity index is 2.17. The zero-order chi connectivity index (χ0) is 15.2. The fourth-order valence-corrected chi connectivity index (χ4v) is 2.61. The smallest absolute Gasteiger partial charge is 0.305 e. The highest BCUT2D eigenvalue weighted by Gasteiger charge is 2.20. The number of rotatable bonds is 5. The van der Waals surface area contributed by atoms with Gasteiger partial charge in [-0.05, 0) is 44.8 Å². The average Bonchev–Trinajstić information content (AvgIpc) is 2.52. The molecule has 0 bridgehead atoms. The SMILES string of the molecule is CCN(CC1CCNCC1)c1ccc([N+](=O)[O-])c(C#N)n1. The molecule has 2 rings (SSSR count). The quantitative estimate of drug-likeness (QED) is 0.654. The summed E-state index contributed by atoms with van der Waals surface area (Å²) in [7, 11) is 0. The van der Waals surface area contributed by atoms with Gasteiger partial charge in [0.05, 0.1) is 4.92 Å². The highest BCUT2D eigenvalue weighted by molar-refractivity contribution is 5.51. The number of nitriles is 1. The van der Waals surface area contributed by atoms with Crippen molar-refractivity contribution in [3.8, 4) is 6.07 Å². The summed E-state index contributed by atoms with van der Waals surface area (Å²) < 4.78 is 0. The lowest BCUT2D eigenvalue weighted by atomic mass is 9.97. The van der Waals surface area contributed by atoms with Gasteiger partial charge < -0.3 is 10.2 Å². The van der Waals surface area contributed by atoms with Crippen LogP contribution in [0.5, 0.6) is 0 Å². The first-order valence-corrected chi connectivity index (χ1v) is 7.17. The maximum Gasteiger partial charge on any atom is 0.305 e. The minimum atomic E-state index is -0.571. The minimum Gasteiger partial charge on any atom is -0.357 e. The topological polar surface area (TPSA) is 95.1 Å². The van der Waals surface area contributed by atoms with Crippen LogP contribution in [-0.2, 0) is 0 Å². The molecule has 1 saturated heterocycles. The molecule has 1 aliphatic heterocycles. The molecule has 1 aromatic rings. The van der Waals surface area contributed by atoms with Crippen LogP contribution in [0.25, 0.3) is 0 Å². The molecule has 0 aliphatic carbocycles. The molecular weight excluding hydrogens is 270 g/mol. The van der Waals surface area contributed by atoms with Crippen LogP contribution in [0.2, 0.25) is 0 Å². The Morgan fingerprint density at radius 1 is 1.52 bits per heavy atom. The summed E-state index contributed by atoms with van der Waals surface area (Å²) in [4.78, 5) is 16.5. The average molecular weight is 289 g/mol. The molecule has 0 aromatic carbocycles. The van der Waals surface area contributed by atoms with E-state index < -0.39 is 4.92 Å². The van der Waals surface area contributed by atoms with Gasteiger partial charge in [-0.15, -0.1) is 0 Å². The first-order chi connectivity index (χ1) is 10.2. The van der Waals surface area contributed by atoms with E-state index in [4.69, 9.17) is 5.26 Å². The molecule has 1 aliphatic rings. The number of anilines is 1. The lowest BCUT2D eigenvalue weighted by Crippen LogP contribution is -2.36. The third kappa shape index (κ3) is 3.67. The van der Waals surface area contributed by atoms with Crippen LogP contribution >= 0.6 is 0 Å². The van der Waals surface area contributed by atoms with Gasteiger partial charge in [0.15, 0.2) is 0 Å². The standard InChI is InChI=1S/C14H19N5O2/c1-2-18(10-11-5-7-16-8-6-11)14-4-3-13(19(20)21)12(9-15)17-14/h3-4,11,16H,2,5-8,10H2,1H3. The molecule has 112 valence electrons. The van der Waals surface area contributed by atoms with Crippen LogP contribution in [0.3, 0.4) is 0 Å². The van der Waals surface area contributed by atoms with Crippen LogP contribution in [0.1, 0.15) is 25.5 Å². The molecule has 1 aromatic heterocycles. The molecule has 0 atom stereocenters. The van der Waals surface area contributed by atoms with Crippen molar-refractivity contribution in [3.63, 3.8) is 0 Å². The van der Waals surface area contributed by atoms with Crippen molar-refractivity contribution in [2.24, 2.45) is 5.92 Å². The second kappa shape index (κ2) is 6.99. The number of hydrogen-bond acceptors (Lipinski definition) is 6. The van der Waals surface area contributed by atoms with E-state index >= 15 is 0 Å². The van der Waals surface area contributed by atoms with Crippen molar-refractivity contribution in [2.75, 3.05) is 31.1 Å². The van der Waals surface area contributed by atoms with Gasteiger partial charge in [0.25, 0.3) is 0 Å². The molecule has 7 heteroatoms. The predicted molar refractivity (Wildman–Crippen MR) is 79.1 cm³/mol. The zero-order valence-electron chi connectivity index (χ0n) is 12.1. The minimum absolute atomic E-state index is 0.124. The highest BCUT2D eigenvalue weighted by Crippen LogP contribution is 2.22. The molecule has 0 spiro atoms. The second-order valence-corrected chi connectivity index (χ2v) is 5.14. The molecule has 0 unspecified atom stereocenters. The van der Waals surface area contributed by atoms with Gasteiger partial charge in [0.1, 0.15) is 11.9 Å². The molecule has 2 heterocycles. The third-order valence-corrected chi connectivity index (χ3v) is 3.80. The Morgan fingerprint density at radius 3 is 2.81 bits per heavy atom. The number of hydrogen-bond donors (Lipinski definition) is 1. The summed E-state index contributed by atoms with van der Waals surface area (Å²) in [6.45, 7) is 5.71. The normalized spacial score (nSPS) is 15.4. The van der Waals surface area contributed by atoms with Gasteiger partial charge in [0, 0.05) is 19.2 Å². The van der Waals surface area contributed by atoms with E-state index in [1.807, 2.05) is 13.0 Å². The summed E-state index contributed by atoms with van der Waals surface area (Å²) in [5, 5.41) is 23.2. The van der Waals surface area contributed by atoms with Gasteiger partial charge in [-0.3, -0.25) is 10.1 Å². The van der Waals surface area contributed by atoms with Crippen molar-refractivity contribution in [1.82, 2.24) is 10.3 Å². The van der Waals surface area contributed by atoms with Crippen LogP contribution in [0.15, 0.2) is 12.1 Å². The van der Waals surface area contributed by atoms with Gasteiger partial charge in [0.2, 0.25) is 5.69 Å². The van der Waals surface area contributed by atoms with E-state index in [1.54, 1.807) is 6.07 Å². The molecule has 0 saturated carbocycles. The fraction of sp³-hybridized carbons (Fsp3) is 0.571. The number of nitro groups is 1. The Morgan fingerprint density at radius 2 is 2.24 bits per heavy atom. The van der Waals surface area contributed by atoms with E-state index in [0.29, 0.717) is 11.7 Å². The maximum absolute atomic E-state index is 10.8. The first-order valence-electron chi connectivity index (χ1n) is 7.17. The fourth-order valence-electron chi connectivity index (χ4n) is 2.61. The Bertz CT molecular complexity index is 549. The molecule has 0 amide bonds. The van der Waals surface area contributed by atoms with E-state index in [1.165, 1.54) is 6.07 Å². The Kier molecular flexibility index (Phi) is 5.06. The number of pyridine rings is 1. The summed E-state index contributed by atoms with van der Waals surface area (Å²) in [5.41, 5.74) is -0.361. The summed E-state index contributed by atoms with van der Waals surface area (Å²) in [5.74, 6) is 1.23. The Labute approximate surface area is 123 Å². The molecule has 21 heavy (non-hydrogen) atoms. The summed E-state index contributed by atoms with van der Waals surface area (Å²) >= 11 is 0. The first kappa shape index (κ1) is 15.2. The van der Waals surface area contributed by atoms with Gasteiger partial charge in [-0.25, -0.2) is 4.98 Å². The number of nitrogens with one attached hydrogen (secondary N) is 1. The van der Waals surface area contributed by atoms with Crippen molar-refractivity contribution in [2.45, 2.75) is 19.8 Å². The molecule has 7 nitrogen and oxygen atoms in total. The van der Waals surface area contributed by atoms with E-state index in [-0.39, 0.29) is 11.4 Å². The van der Waals surface area contributed by atoms with Crippen LogP contribution in [-0.4, -0.2) is 36.1 Å². The van der Waals surface area contributed by atoms with Crippen LogP contribution in [0.4, 0.5) is 11.5 Å². The van der Waals surface area contributed by atoms with E-state index in [2.05, 4.69) is 15.2 Å². The van der Waals surface area contributed by atoms with E-state index in [9.17, 15) is 10.1 Å². The van der Waals surface area contributed by atoms with Gasteiger partial charge in [-0.1, -0.05) is 0 Å². The van der Waals surface area contributed by atoms with Gasteiger partial charge >= 0.3 is 5.69 Å². The van der Waals surface area contributed by atoms with Crippen molar-refractivity contribution >= 4 is 11.5 Å². The molecule has 0 radical (unpaired) electrons.